The van der Waals surface area contributed by atoms with Crippen molar-refractivity contribution in [3.63, 3.8) is 0 Å². The van der Waals surface area contributed by atoms with Crippen molar-refractivity contribution in [2.24, 2.45) is 10.8 Å². The van der Waals surface area contributed by atoms with Gasteiger partial charge in [-0.25, -0.2) is 0 Å². The summed E-state index contributed by atoms with van der Waals surface area (Å²) in [6.07, 6.45) is 0. The maximum Gasteiger partial charge on any atom is 0.115 e. The number of rotatable bonds is 3. The van der Waals surface area contributed by atoms with Gasteiger partial charge in [-0.1, -0.05) is 39.8 Å². The van der Waals surface area contributed by atoms with E-state index >= 15 is 0 Å². The minimum Gasteiger partial charge on any atom is -0.508 e. The average Bonchev–Trinajstić information content (AvgIpc) is 2.62. The number of benzene rings is 1. The van der Waals surface area contributed by atoms with Crippen LogP contribution >= 0.6 is 0 Å². The third kappa shape index (κ3) is 1.95. The number of hydrogen-bond acceptors (Lipinski definition) is 2. The normalized spacial score (nSPS) is 23.4. The molecule has 1 aromatic rings. The van der Waals surface area contributed by atoms with Crippen LogP contribution in [0.4, 0.5) is 0 Å². The summed E-state index contributed by atoms with van der Waals surface area (Å²) < 4.78 is 0. The molecule has 17 heavy (non-hydrogen) atoms. The van der Waals surface area contributed by atoms with Gasteiger partial charge in [-0.05, 0) is 35.4 Å². The first-order valence-electron chi connectivity index (χ1n) is 6.32. The molecule has 94 valence electrons. The van der Waals surface area contributed by atoms with Crippen LogP contribution in [0.2, 0.25) is 0 Å². The van der Waals surface area contributed by atoms with Gasteiger partial charge in [0.25, 0.3) is 0 Å². The Hall–Kier alpha value is -1.02. The van der Waals surface area contributed by atoms with Crippen molar-refractivity contribution in [1.82, 2.24) is 5.32 Å². The highest BCUT2D eigenvalue weighted by molar-refractivity contribution is 5.29. The summed E-state index contributed by atoms with van der Waals surface area (Å²) in [5, 5.41) is 13.0. The van der Waals surface area contributed by atoms with Gasteiger partial charge < -0.3 is 10.4 Å². The van der Waals surface area contributed by atoms with Crippen LogP contribution in [0, 0.1) is 10.8 Å². The second-order valence-corrected chi connectivity index (χ2v) is 6.36. The van der Waals surface area contributed by atoms with Crippen LogP contribution in [-0.4, -0.2) is 11.1 Å². The summed E-state index contributed by atoms with van der Waals surface area (Å²) in [5.41, 5.74) is 1.94. The molecule has 0 bridgehead atoms. The molecule has 0 aromatic heterocycles. The van der Waals surface area contributed by atoms with Crippen LogP contribution in [-0.2, 0) is 0 Å². The van der Waals surface area contributed by atoms with Gasteiger partial charge in [-0.2, -0.15) is 0 Å². The number of phenols is 1. The lowest BCUT2D eigenvalue weighted by atomic mass is 10.0. The fourth-order valence-corrected chi connectivity index (χ4v) is 2.72. The molecule has 0 aliphatic heterocycles. The fraction of sp³-hybridized carbons (Fsp3) is 0.600. The van der Waals surface area contributed by atoms with Gasteiger partial charge in [-0.15, -0.1) is 0 Å². The van der Waals surface area contributed by atoms with Gasteiger partial charge in [0.15, 0.2) is 0 Å². The SMILES string of the molecule is CC(NC1C(C)(C)C1(C)C)c1ccc(O)cc1. The van der Waals surface area contributed by atoms with Gasteiger partial charge in [0.1, 0.15) is 5.75 Å². The van der Waals surface area contributed by atoms with Crippen molar-refractivity contribution in [3.8, 4) is 5.75 Å². The van der Waals surface area contributed by atoms with E-state index in [0.29, 0.717) is 28.7 Å². The Balaban J connectivity index is 2.04. The van der Waals surface area contributed by atoms with E-state index in [4.69, 9.17) is 0 Å². The van der Waals surface area contributed by atoms with Crippen molar-refractivity contribution in [2.45, 2.75) is 46.7 Å². The molecule has 1 aliphatic rings. The maximum atomic E-state index is 9.28. The predicted octanol–water partition coefficient (Wildman–Crippen LogP) is 3.48. The fourth-order valence-electron chi connectivity index (χ4n) is 2.72. The summed E-state index contributed by atoms with van der Waals surface area (Å²) in [4.78, 5) is 0. The largest absolute Gasteiger partial charge is 0.508 e. The molecule has 1 saturated carbocycles. The lowest BCUT2D eigenvalue weighted by Crippen LogP contribution is -2.25. The summed E-state index contributed by atoms with van der Waals surface area (Å²) in [6.45, 7) is 11.4. The van der Waals surface area contributed by atoms with Crippen molar-refractivity contribution in [1.29, 1.82) is 0 Å². The molecular formula is C15H23NO. The van der Waals surface area contributed by atoms with Gasteiger partial charge >= 0.3 is 0 Å². The van der Waals surface area contributed by atoms with Crippen molar-refractivity contribution < 1.29 is 5.11 Å². The quantitative estimate of drug-likeness (QED) is 0.837. The first-order valence-corrected chi connectivity index (χ1v) is 6.32. The van der Waals surface area contributed by atoms with E-state index < -0.39 is 0 Å². The van der Waals surface area contributed by atoms with Gasteiger partial charge in [0.05, 0.1) is 0 Å². The summed E-state index contributed by atoms with van der Waals surface area (Å²) in [7, 11) is 0. The van der Waals surface area contributed by atoms with Gasteiger partial charge in [0.2, 0.25) is 0 Å². The van der Waals surface area contributed by atoms with Crippen LogP contribution in [0.5, 0.6) is 5.75 Å². The first kappa shape index (κ1) is 12.4. The molecule has 2 nitrogen and oxygen atoms in total. The molecular weight excluding hydrogens is 210 g/mol. The van der Waals surface area contributed by atoms with Crippen LogP contribution in [0.3, 0.4) is 0 Å². The zero-order valence-electron chi connectivity index (χ0n) is 11.4. The van der Waals surface area contributed by atoms with E-state index in [2.05, 4.69) is 39.9 Å². The number of phenolic OH excluding ortho intramolecular Hbond substituents is 1. The first-order chi connectivity index (χ1) is 7.76. The molecule has 0 radical (unpaired) electrons. The summed E-state index contributed by atoms with van der Waals surface area (Å²) in [5.74, 6) is 0.327. The van der Waals surface area contributed by atoms with E-state index in [1.807, 2.05) is 12.1 Å². The number of aromatic hydroxyl groups is 1. The Kier molecular flexibility index (Phi) is 2.74. The molecule has 1 aromatic carbocycles. The van der Waals surface area contributed by atoms with Crippen LogP contribution in [0.25, 0.3) is 0 Å². The zero-order chi connectivity index (χ0) is 12.8. The van der Waals surface area contributed by atoms with E-state index in [1.54, 1.807) is 12.1 Å². The molecule has 1 aliphatic carbocycles. The molecule has 0 amide bonds. The average molecular weight is 233 g/mol. The van der Waals surface area contributed by atoms with E-state index in [1.165, 1.54) is 5.56 Å². The number of hydrogen-bond donors (Lipinski definition) is 2. The van der Waals surface area contributed by atoms with Crippen molar-refractivity contribution in [3.05, 3.63) is 29.8 Å². The highest BCUT2D eigenvalue weighted by Crippen LogP contribution is 2.63. The van der Waals surface area contributed by atoms with E-state index in [-0.39, 0.29) is 0 Å². The summed E-state index contributed by atoms with van der Waals surface area (Å²) in [6, 6.07) is 8.33. The molecule has 2 N–H and O–H groups in total. The Morgan fingerprint density at radius 2 is 1.53 bits per heavy atom. The molecule has 1 unspecified atom stereocenters. The third-order valence-electron chi connectivity index (χ3n) is 4.83. The second kappa shape index (κ2) is 3.74. The predicted molar refractivity (Wildman–Crippen MR) is 71.0 cm³/mol. The molecule has 0 saturated heterocycles. The Bertz CT molecular complexity index is 391. The zero-order valence-corrected chi connectivity index (χ0v) is 11.4. The summed E-state index contributed by atoms with van der Waals surface area (Å²) >= 11 is 0. The van der Waals surface area contributed by atoms with E-state index in [0.717, 1.165) is 0 Å². The third-order valence-corrected chi connectivity index (χ3v) is 4.83. The highest BCUT2D eigenvalue weighted by Gasteiger charge is 2.64. The highest BCUT2D eigenvalue weighted by atomic mass is 16.3. The second-order valence-electron chi connectivity index (χ2n) is 6.36. The smallest absolute Gasteiger partial charge is 0.115 e. The molecule has 2 heteroatoms. The molecule has 2 rings (SSSR count). The topological polar surface area (TPSA) is 32.3 Å². The molecule has 0 spiro atoms. The lowest BCUT2D eigenvalue weighted by Gasteiger charge is -2.16. The lowest BCUT2D eigenvalue weighted by molar-refractivity contribution is 0.457. The minimum atomic E-state index is 0.321. The molecule has 1 fully saturated rings. The monoisotopic (exact) mass is 233 g/mol. The minimum absolute atomic E-state index is 0.321. The molecule has 1 atom stereocenters. The van der Waals surface area contributed by atoms with Crippen LogP contribution < -0.4 is 5.32 Å². The Labute approximate surface area is 104 Å². The van der Waals surface area contributed by atoms with Crippen LogP contribution in [0.15, 0.2) is 24.3 Å². The standard InChI is InChI=1S/C15H23NO/c1-10(11-6-8-12(17)9-7-11)16-13-14(2,3)15(13,4)5/h6-10,13,16-17H,1-5H3. The Morgan fingerprint density at radius 1 is 1.06 bits per heavy atom. The number of nitrogens with one attached hydrogen (secondary N) is 1. The van der Waals surface area contributed by atoms with E-state index in [9.17, 15) is 5.11 Å². The maximum absolute atomic E-state index is 9.28. The van der Waals surface area contributed by atoms with Crippen molar-refractivity contribution >= 4 is 0 Å². The van der Waals surface area contributed by atoms with Gasteiger partial charge in [-0.3, -0.25) is 0 Å². The Morgan fingerprint density at radius 3 is 1.94 bits per heavy atom. The van der Waals surface area contributed by atoms with Crippen LogP contribution in [0.1, 0.15) is 46.2 Å². The molecule has 0 heterocycles. The van der Waals surface area contributed by atoms with Gasteiger partial charge in [0, 0.05) is 12.1 Å². The van der Waals surface area contributed by atoms with Crippen molar-refractivity contribution in [2.75, 3.05) is 0 Å².